The highest BCUT2D eigenvalue weighted by atomic mass is 32.2. The number of ether oxygens (including phenoxy) is 1. The smallest absolute Gasteiger partial charge is 0.244 e. The Hall–Kier alpha value is -2.45. The lowest BCUT2D eigenvalue weighted by atomic mass is 9.84. The first-order valence-corrected chi connectivity index (χ1v) is 11.8. The zero-order valence-corrected chi connectivity index (χ0v) is 18.4. The summed E-state index contributed by atoms with van der Waals surface area (Å²) in [7, 11) is 0. The molecule has 1 amide bonds. The molecule has 2 aliphatic heterocycles. The fourth-order valence-electron chi connectivity index (χ4n) is 4.82. The molecule has 2 heterocycles. The number of rotatable bonds is 3. The average Bonchev–Trinajstić information content (AvgIpc) is 3.17. The molecule has 1 aliphatic carbocycles. The molecule has 1 saturated carbocycles. The molecule has 2 N–H and O–H groups in total. The molecule has 2 aromatic carbocycles. The summed E-state index contributed by atoms with van der Waals surface area (Å²) in [5, 5.41) is 6.40. The lowest BCUT2D eigenvalue weighted by Crippen LogP contribution is -2.45. The van der Waals surface area contributed by atoms with Crippen molar-refractivity contribution >= 4 is 22.7 Å². The fraction of sp³-hybridized carbons (Fsp3) is 0.417. The van der Waals surface area contributed by atoms with Crippen LogP contribution in [0.5, 0.6) is 5.75 Å². The third-order valence-electron chi connectivity index (χ3n) is 6.55. The zero-order valence-electron chi connectivity index (χ0n) is 17.6. The van der Waals surface area contributed by atoms with Crippen molar-refractivity contribution in [3.8, 4) is 5.75 Å². The van der Waals surface area contributed by atoms with Crippen LogP contribution in [0.25, 0.3) is 0 Å². The van der Waals surface area contributed by atoms with E-state index in [1.807, 2.05) is 24.3 Å². The first-order chi connectivity index (χ1) is 15.5. The molecule has 1 fully saturated rings. The van der Waals surface area contributed by atoms with Gasteiger partial charge in [0.15, 0.2) is 0 Å². The minimum atomic E-state index is -0.842. The lowest BCUT2D eigenvalue weighted by molar-refractivity contribution is -0.136. The molecule has 0 aromatic heterocycles. The van der Waals surface area contributed by atoms with Gasteiger partial charge in [-0.3, -0.25) is 4.79 Å². The van der Waals surface area contributed by atoms with Crippen LogP contribution in [0.4, 0.5) is 8.78 Å². The molecule has 5 rings (SSSR count). The number of fused-ring (bicyclic) bond motifs is 2. The first-order valence-electron chi connectivity index (χ1n) is 11.0. The number of nitrogens with two attached hydrogens (primary N) is 1. The van der Waals surface area contributed by atoms with Crippen molar-refractivity contribution in [2.45, 2.75) is 49.4 Å². The number of amides is 1. The summed E-state index contributed by atoms with van der Waals surface area (Å²) in [6.07, 6.45) is 4.51. The highest BCUT2D eigenvalue weighted by Crippen LogP contribution is 2.54. The fourth-order valence-corrected chi connectivity index (χ4v) is 6.23. The van der Waals surface area contributed by atoms with Crippen molar-refractivity contribution in [2.24, 2.45) is 16.8 Å². The van der Waals surface area contributed by atoms with Crippen molar-refractivity contribution in [1.29, 1.82) is 0 Å². The minimum Gasteiger partial charge on any atom is -0.493 e. The summed E-state index contributed by atoms with van der Waals surface area (Å²) in [6.45, 7) is 0.403. The maximum Gasteiger partial charge on any atom is 0.244 e. The SMILES string of the molecule is NC1CCC(CC(=O)N2N=C(c3cc(F)ccc3F)SC23CCOc2ccccc23)CC1. The Morgan fingerprint density at radius 1 is 1.19 bits per heavy atom. The van der Waals surface area contributed by atoms with Crippen LogP contribution in [0.15, 0.2) is 47.6 Å². The molecule has 0 radical (unpaired) electrons. The number of benzene rings is 2. The van der Waals surface area contributed by atoms with E-state index in [0.717, 1.165) is 49.4 Å². The van der Waals surface area contributed by atoms with Gasteiger partial charge in [-0.15, -0.1) is 0 Å². The van der Waals surface area contributed by atoms with E-state index in [4.69, 9.17) is 10.5 Å². The van der Waals surface area contributed by atoms with Crippen LogP contribution in [0.3, 0.4) is 0 Å². The second-order valence-corrected chi connectivity index (χ2v) is 9.97. The Labute approximate surface area is 190 Å². The van der Waals surface area contributed by atoms with E-state index >= 15 is 0 Å². The Morgan fingerprint density at radius 2 is 1.97 bits per heavy atom. The van der Waals surface area contributed by atoms with E-state index < -0.39 is 16.5 Å². The van der Waals surface area contributed by atoms with Gasteiger partial charge in [-0.05, 0) is 55.9 Å². The molecule has 168 valence electrons. The number of carbonyl (C=O) groups excluding carboxylic acids is 1. The van der Waals surface area contributed by atoms with Crippen LogP contribution in [0.2, 0.25) is 0 Å². The highest BCUT2D eigenvalue weighted by molar-refractivity contribution is 8.15. The van der Waals surface area contributed by atoms with E-state index in [0.29, 0.717) is 30.2 Å². The van der Waals surface area contributed by atoms with E-state index in [2.05, 4.69) is 5.10 Å². The van der Waals surface area contributed by atoms with E-state index in [9.17, 15) is 13.6 Å². The molecule has 5 nitrogen and oxygen atoms in total. The standard InChI is InChI=1S/C24H25F2N3O2S/c25-16-7-10-20(26)18(14-16)23-28-29(22(30)13-15-5-8-17(27)9-6-15)24(32-23)11-12-31-21-4-2-1-3-19(21)24/h1-4,7,10,14-15,17H,5-6,8-9,11-13,27H2. The first kappa shape index (κ1) is 21.4. The Bertz CT molecular complexity index is 1070. The number of hydrogen-bond acceptors (Lipinski definition) is 5. The van der Waals surface area contributed by atoms with Gasteiger partial charge in [0.25, 0.3) is 0 Å². The molecule has 2 aromatic rings. The van der Waals surface area contributed by atoms with Crippen LogP contribution in [-0.4, -0.2) is 28.6 Å². The van der Waals surface area contributed by atoms with Gasteiger partial charge in [-0.1, -0.05) is 30.0 Å². The number of thioether (sulfide) groups is 1. The monoisotopic (exact) mass is 457 g/mol. The quantitative estimate of drug-likeness (QED) is 0.723. The van der Waals surface area contributed by atoms with Crippen molar-refractivity contribution in [1.82, 2.24) is 5.01 Å². The molecule has 1 spiro atoms. The zero-order chi connectivity index (χ0) is 22.3. The predicted octanol–water partition coefficient (Wildman–Crippen LogP) is 4.74. The Kier molecular flexibility index (Phi) is 5.67. The minimum absolute atomic E-state index is 0.0669. The largest absolute Gasteiger partial charge is 0.493 e. The normalized spacial score (nSPS) is 27.1. The molecule has 32 heavy (non-hydrogen) atoms. The van der Waals surface area contributed by atoms with Crippen molar-refractivity contribution in [2.75, 3.05) is 6.61 Å². The van der Waals surface area contributed by atoms with E-state index in [-0.39, 0.29) is 23.4 Å². The number of hydrazone groups is 1. The summed E-state index contributed by atoms with van der Waals surface area (Å²) in [5.41, 5.74) is 6.91. The molecular weight excluding hydrogens is 432 g/mol. The third-order valence-corrected chi connectivity index (χ3v) is 7.98. The lowest BCUT2D eigenvalue weighted by Gasteiger charge is -2.40. The highest BCUT2D eigenvalue weighted by Gasteiger charge is 2.52. The number of para-hydroxylation sites is 1. The van der Waals surface area contributed by atoms with E-state index in [1.165, 1.54) is 16.8 Å². The van der Waals surface area contributed by atoms with E-state index in [1.54, 1.807) is 0 Å². The van der Waals surface area contributed by atoms with Gasteiger partial charge < -0.3 is 10.5 Å². The Morgan fingerprint density at radius 3 is 2.78 bits per heavy atom. The average molecular weight is 458 g/mol. The molecule has 0 saturated heterocycles. The summed E-state index contributed by atoms with van der Waals surface area (Å²) in [4.78, 5) is 12.7. The van der Waals surface area contributed by atoms with Crippen molar-refractivity contribution in [3.63, 3.8) is 0 Å². The topological polar surface area (TPSA) is 67.9 Å². The van der Waals surface area contributed by atoms with Gasteiger partial charge >= 0.3 is 0 Å². The number of hydrogen-bond donors (Lipinski definition) is 1. The second kappa shape index (κ2) is 8.48. The Balaban J connectivity index is 1.53. The summed E-state index contributed by atoms with van der Waals surface area (Å²) in [5.74, 6) is -0.284. The van der Waals surface area contributed by atoms with Crippen LogP contribution >= 0.6 is 11.8 Å². The van der Waals surface area contributed by atoms with Gasteiger partial charge in [0.2, 0.25) is 5.91 Å². The van der Waals surface area contributed by atoms with Crippen molar-refractivity contribution in [3.05, 3.63) is 65.2 Å². The van der Waals surface area contributed by atoms with Gasteiger partial charge in [0.1, 0.15) is 27.3 Å². The predicted molar refractivity (Wildman–Crippen MR) is 120 cm³/mol. The van der Waals surface area contributed by atoms with Crippen LogP contribution in [0.1, 0.15) is 49.7 Å². The van der Waals surface area contributed by atoms with Crippen LogP contribution in [0, 0.1) is 17.6 Å². The molecule has 8 heteroatoms. The summed E-state index contributed by atoms with van der Waals surface area (Å²) in [6, 6.07) is 11.1. The van der Waals surface area contributed by atoms with Crippen LogP contribution < -0.4 is 10.5 Å². The van der Waals surface area contributed by atoms with Gasteiger partial charge in [-0.25, -0.2) is 13.8 Å². The van der Waals surface area contributed by atoms with Crippen LogP contribution in [-0.2, 0) is 9.67 Å². The second-order valence-electron chi connectivity index (χ2n) is 8.70. The number of carbonyl (C=O) groups is 1. The summed E-state index contributed by atoms with van der Waals surface area (Å²) < 4.78 is 34.4. The molecule has 1 unspecified atom stereocenters. The number of nitrogens with zero attached hydrogens (tertiary/aromatic N) is 2. The van der Waals surface area contributed by atoms with Gasteiger partial charge in [-0.2, -0.15) is 5.10 Å². The summed E-state index contributed by atoms with van der Waals surface area (Å²) >= 11 is 1.30. The molecule has 0 bridgehead atoms. The van der Waals surface area contributed by atoms with Gasteiger partial charge in [0.05, 0.1) is 6.61 Å². The third kappa shape index (κ3) is 3.79. The maximum atomic E-state index is 14.6. The molecule has 3 aliphatic rings. The molecule has 1 atom stereocenters. The maximum absolute atomic E-state index is 14.6. The molecular formula is C24H25F2N3O2S. The van der Waals surface area contributed by atoms with Crippen molar-refractivity contribution < 1.29 is 18.3 Å². The van der Waals surface area contributed by atoms with Gasteiger partial charge in [0, 0.05) is 30.0 Å². The number of halogens is 2.